The highest BCUT2D eigenvalue weighted by molar-refractivity contribution is 5.94. The first-order valence-corrected chi connectivity index (χ1v) is 8.93. The van der Waals surface area contributed by atoms with Gasteiger partial charge in [0.25, 0.3) is 0 Å². The molecule has 3 heterocycles. The number of nitrogens with one attached hydrogen (secondary N) is 1. The van der Waals surface area contributed by atoms with Gasteiger partial charge in [0.2, 0.25) is 5.43 Å². The van der Waals surface area contributed by atoms with Crippen LogP contribution in [-0.2, 0) is 0 Å². The molecular weight excluding hydrogens is 356 g/mol. The van der Waals surface area contributed by atoms with Crippen molar-refractivity contribution in [3.8, 4) is 0 Å². The Balaban J connectivity index is 1.75. The first-order chi connectivity index (χ1) is 13.0. The number of rotatable bonds is 3. The molecule has 3 aliphatic rings. The van der Waals surface area contributed by atoms with Gasteiger partial charge in [-0.15, -0.1) is 0 Å². The molecule has 1 saturated carbocycles. The van der Waals surface area contributed by atoms with Gasteiger partial charge in [0.15, 0.2) is 5.82 Å². The van der Waals surface area contributed by atoms with Gasteiger partial charge in [0.05, 0.1) is 10.9 Å². The maximum Gasteiger partial charge on any atom is 0.341 e. The lowest BCUT2D eigenvalue weighted by Crippen LogP contribution is -2.31. The highest BCUT2D eigenvalue weighted by Gasteiger charge is 2.35. The molecule has 1 aliphatic carbocycles. The Labute approximate surface area is 152 Å². The van der Waals surface area contributed by atoms with Crippen LogP contribution in [0.2, 0.25) is 0 Å². The van der Waals surface area contributed by atoms with Crippen molar-refractivity contribution >= 4 is 22.6 Å². The number of halogens is 2. The van der Waals surface area contributed by atoms with Crippen LogP contribution in [-0.4, -0.2) is 41.3 Å². The van der Waals surface area contributed by atoms with Crippen molar-refractivity contribution in [2.45, 2.75) is 24.9 Å². The van der Waals surface area contributed by atoms with E-state index in [0.29, 0.717) is 13.1 Å². The summed E-state index contributed by atoms with van der Waals surface area (Å²) in [5.74, 6) is -3.04. The van der Waals surface area contributed by atoms with Crippen molar-refractivity contribution in [2.75, 3.05) is 24.5 Å². The molecule has 0 spiro atoms. The molecule has 1 atom stereocenters. The Morgan fingerprint density at radius 3 is 2.74 bits per heavy atom. The number of benzene rings is 1. The highest BCUT2D eigenvalue weighted by Crippen LogP contribution is 2.40. The van der Waals surface area contributed by atoms with Crippen LogP contribution in [0.5, 0.6) is 0 Å². The number of pyridine rings is 1. The molecule has 2 aromatic rings. The summed E-state index contributed by atoms with van der Waals surface area (Å²) in [5, 5.41) is 12.3. The van der Waals surface area contributed by atoms with Crippen LogP contribution >= 0.6 is 0 Å². The number of carboxylic acid groups (broad SMARTS) is 1. The summed E-state index contributed by atoms with van der Waals surface area (Å²) in [6.45, 7) is 1.64. The lowest BCUT2D eigenvalue weighted by atomic mass is 10.1. The lowest BCUT2D eigenvalue weighted by molar-refractivity contribution is 0.0695. The van der Waals surface area contributed by atoms with Gasteiger partial charge in [0, 0.05) is 37.9 Å². The van der Waals surface area contributed by atoms with Gasteiger partial charge in [-0.1, -0.05) is 6.08 Å². The molecule has 2 N–H and O–H groups in total. The van der Waals surface area contributed by atoms with Crippen molar-refractivity contribution in [1.82, 2.24) is 9.88 Å². The van der Waals surface area contributed by atoms with E-state index in [9.17, 15) is 19.1 Å². The van der Waals surface area contributed by atoms with Gasteiger partial charge in [0.1, 0.15) is 17.1 Å². The van der Waals surface area contributed by atoms with E-state index in [0.717, 1.165) is 31.0 Å². The lowest BCUT2D eigenvalue weighted by Gasteiger charge is -2.22. The third kappa shape index (κ3) is 2.39. The van der Waals surface area contributed by atoms with Crippen molar-refractivity contribution in [2.24, 2.45) is 0 Å². The van der Waals surface area contributed by atoms with Crippen LogP contribution in [0.25, 0.3) is 10.9 Å². The van der Waals surface area contributed by atoms with Gasteiger partial charge in [-0.25, -0.2) is 13.6 Å². The number of nitrogens with zero attached hydrogens (tertiary/aromatic N) is 2. The van der Waals surface area contributed by atoms with Crippen LogP contribution in [0.1, 0.15) is 29.2 Å². The van der Waals surface area contributed by atoms with Gasteiger partial charge >= 0.3 is 5.97 Å². The van der Waals surface area contributed by atoms with E-state index in [-0.39, 0.29) is 28.7 Å². The van der Waals surface area contributed by atoms with Crippen LogP contribution in [0, 0.1) is 11.6 Å². The van der Waals surface area contributed by atoms with Gasteiger partial charge in [-0.3, -0.25) is 4.79 Å². The molecule has 0 bridgehead atoms. The van der Waals surface area contributed by atoms with E-state index in [1.165, 1.54) is 10.8 Å². The summed E-state index contributed by atoms with van der Waals surface area (Å²) in [7, 11) is 0. The summed E-state index contributed by atoms with van der Waals surface area (Å²) >= 11 is 0. The highest BCUT2D eigenvalue weighted by atomic mass is 19.1. The number of fused-ring (bicyclic) bond motifs is 2. The molecule has 1 aromatic heterocycles. The number of anilines is 1. The van der Waals surface area contributed by atoms with Crippen molar-refractivity contribution in [3.63, 3.8) is 0 Å². The molecule has 5 rings (SSSR count). The van der Waals surface area contributed by atoms with E-state index in [4.69, 9.17) is 0 Å². The average molecular weight is 373 g/mol. The zero-order chi connectivity index (χ0) is 18.9. The number of hydrogen-bond acceptors (Lipinski definition) is 4. The van der Waals surface area contributed by atoms with Gasteiger partial charge in [-0.05, 0) is 24.5 Å². The number of hydrogen-bond donors (Lipinski definition) is 2. The summed E-state index contributed by atoms with van der Waals surface area (Å²) in [5.41, 5.74) is -0.387. The molecular formula is C19H17F2N3O3. The maximum absolute atomic E-state index is 15.5. The summed E-state index contributed by atoms with van der Waals surface area (Å²) in [6, 6.07) is 0.998. The minimum Gasteiger partial charge on any atom is -0.477 e. The Morgan fingerprint density at radius 1 is 1.30 bits per heavy atom. The molecule has 6 nitrogen and oxygen atoms in total. The van der Waals surface area contributed by atoms with Gasteiger partial charge in [-0.2, -0.15) is 0 Å². The quantitative estimate of drug-likeness (QED) is 0.806. The average Bonchev–Trinajstić information content (AvgIpc) is 3.24. The minimum absolute atomic E-state index is 0.0112. The van der Waals surface area contributed by atoms with E-state index in [1.54, 1.807) is 4.90 Å². The minimum atomic E-state index is -1.40. The fraction of sp³-hybridized carbons (Fsp3) is 0.368. The standard InChI is InChI=1S/C19H17F2N3O3/c20-13-5-11-16(24(10-1-2-10)7-12(18(11)25)19(26)27)15(21)17(13)23-6-9-3-4-22-14(9)8-23/h3,5,7,10,14,22H,1-2,4,6,8H2,(H,26,27). The van der Waals surface area contributed by atoms with Crippen LogP contribution < -0.4 is 15.6 Å². The summed E-state index contributed by atoms with van der Waals surface area (Å²) in [4.78, 5) is 25.5. The molecule has 1 unspecified atom stereocenters. The zero-order valence-electron chi connectivity index (χ0n) is 14.3. The van der Waals surface area contributed by atoms with Crippen LogP contribution in [0.15, 0.2) is 28.7 Å². The van der Waals surface area contributed by atoms with Crippen molar-refractivity contribution in [3.05, 3.63) is 51.3 Å². The summed E-state index contributed by atoms with van der Waals surface area (Å²) in [6.07, 6.45) is 4.76. The molecule has 0 radical (unpaired) electrons. The van der Waals surface area contributed by atoms with E-state index < -0.39 is 28.6 Å². The second kappa shape index (κ2) is 5.63. The zero-order valence-corrected chi connectivity index (χ0v) is 14.3. The van der Waals surface area contributed by atoms with Gasteiger partial charge < -0.3 is 19.9 Å². The smallest absolute Gasteiger partial charge is 0.341 e. The van der Waals surface area contributed by atoms with Crippen LogP contribution in [0.3, 0.4) is 0 Å². The topological polar surface area (TPSA) is 74.6 Å². The maximum atomic E-state index is 15.5. The molecule has 140 valence electrons. The molecule has 2 aliphatic heterocycles. The summed E-state index contributed by atoms with van der Waals surface area (Å²) < 4.78 is 31.8. The Kier molecular flexibility index (Phi) is 3.42. The Bertz CT molecular complexity index is 1090. The Morgan fingerprint density at radius 2 is 2.07 bits per heavy atom. The second-order valence-corrected chi connectivity index (χ2v) is 7.35. The van der Waals surface area contributed by atoms with E-state index >= 15 is 4.39 Å². The largest absolute Gasteiger partial charge is 0.477 e. The van der Waals surface area contributed by atoms with Crippen molar-refractivity contribution in [1.29, 1.82) is 0 Å². The van der Waals surface area contributed by atoms with Crippen molar-refractivity contribution < 1.29 is 18.7 Å². The third-order valence-corrected chi connectivity index (χ3v) is 5.62. The first kappa shape index (κ1) is 16.4. The molecule has 0 amide bonds. The number of carboxylic acids is 1. The SMILES string of the molecule is O=C(O)c1cn(C2CC2)c2c(F)c(N3CC4=CCNC4C3)c(F)cc2c1=O. The molecule has 8 heteroatoms. The first-order valence-electron chi connectivity index (χ1n) is 8.93. The third-order valence-electron chi connectivity index (χ3n) is 5.62. The monoisotopic (exact) mass is 373 g/mol. The predicted molar refractivity (Wildman–Crippen MR) is 95.4 cm³/mol. The number of aromatic carboxylic acids is 1. The fourth-order valence-electron chi connectivity index (χ4n) is 4.15. The second-order valence-electron chi connectivity index (χ2n) is 7.35. The Hall–Kier alpha value is -2.74. The normalized spacial score (nSPS) is 21.6. The fourth-order valence-corrected chi connectivity index (χ4v) is 4.15. The molecule has 1 aromatic carbocycles. The predicted octanol–water partition coefficient (Wildman–Crippen LogP) is 2.03. The molecule has 1 saturated heterocycles. The molecule has 27 heavy (non-hydrogen) atoms. The number of aromatic nitrogens is 1. The van der Waals surface area contributed by atoms with Crippen LogP contribution in [0.4, 0.5) is 14.5 Å². The van der Waals surface area contributed by atoms with E-state index in [1.807, 2.05) is 6.08 Å². The number of carbonyl (C=O) groups is 1. The molecule has 2 fully saturated rings. The van der Waals surface area contributed by atoms with E-state index in [2.05, 4.69) is 5.32 Å².